The fraction of sp³-hybridized carbons (Fsp3) is 0.200. The number of benzene rings is 1. The van der Waals surface area contributed by atoms with Gasteiger partial charge in [0.25, 0.3) is 22.3 Å². The maximum Gasteiger partial charge on any atom is 0.272 e. The summed E-state index contributed by atoms with van der Waals surface area (Å²) < 4.78 is 63.6. The summed E-state index contributed by atoms with van der Waals surface area (Å²) in [5, 5.41) is 2.07. The van der Waals surface area contributed by atoms with Crippen molar-refractivity contribution < 1.29 is 26.7 Å². The van der Waals surface area contributed by atoms with E-state index in [-0.39, 0.29) is 22.5 Å². The van der Waals surface area contributed by atoms with Crippen LogP contribution in [0.25, 0.3) is 10.1 Å². The number of hydrogen-bond acceptors (Lipinski definition) is 7. The first-order valence-electron chi connectivity index (χ1n) is 7.31. The van der Waals surface area contributed by atoms with Crippen LogP contribution in [0, 0.1) is 0 Å². The van der Waals surface area contributed by atoms with Crippen molar-refractivity contribution in [3.63, 3.8) is 0 Å². The van der Waals surface area contributed by atoms with Crippen molar-refractivity contribution in [2.24, 2.45) is 0 Å². The Balaban J connectivity index is 1.88. The molecule has 0 aliphatic carbocycles. The monoisotopic (exact) mass is 479 g/mol. The molecule has 0 spiro atoms. The van der Waals surface area contributed by atoms with Crippen LogP contribution in [-0.2, 0) is 10.0 Å². The molecule has 0 bridgehead atoms. The molecule has 0 fully saturated rings. The molecule has 0 unspecified atom stereocenters. The van der Waals surface area contributed by atoms with Crippen molar-refractivity contribution in [1.82, 2.24) is 9.97 Å². The molecule has 144 valence electrons. The van der Waals surface area contributed by atoms with E-state index in [0.717, 1.165) is 15.4 Å². The highest BCUT2D eigenvalue weighted by Crippen LogP contribution is 2.33. The van der Waals surface area contributed by atoms with Crippen molar-refractivity contribution >= 4 is 53.3 Å². The minimum atomic E-state index is -3.97. The molecule has 3 aromatic rings. The molecule has 0 amide bonds. The minimum absolute atomic E-state index is 0.0793. The van der Waals surface area contributed by atoms with E-state index in [1.807, 2.05) is 6.07 Å². The number of alkyl halides is 2. The highest BCUT2D eigenvalue weighted by molar-refractivity contribution is 9.10. The first-order valence-corrected chi connectivity index (χ1v) is 10.5. The fourth-order valence-corrected chi connectivity index (χ4v) is 5.17. The number of ether oxygens (including phenoxy) is 2. The fourth-order valence-electron chi connectivity index (χ4n) is 2.16. The summed E-state index contributed by atoms with van der Waals surface area (Å²) >= 11 is 4.62. The third-order valence-electron chi connectivity index (χ3n) is 3.30. The average molecular weight is 480 g/mol. The number of fused-ring (bicyclic) bond motifs is 1. The molecular formula is C15H12BrF2N3O4S2. The molecule has 0 saturated heterocycles. The van der Waals surface area contributed by atoms with Gasteiger partial charge in [0.2, 0.25) is 5.95 Å². The molecule has 0 atom stereocenters. The first-order chi connectivity index (χ1) is 12.8. The van der Waals surface area contributed by atoms with E-state index < -0.39 is 23.1 Å². The Hall–Kier alpha value is -2.05. The number of hydrogen-bond donors (Lipinski definition) is 1. The van der Waals surface area contributed by atoms with E-state index in [2.05, 4.69) is 30.6 Å². The van der Waals surface area contributed by atoms with Gasteiger partial charge in [0.05, 0.1) is 13.3 Å². The van der Waals surface area contributed by atoms with Gasteiger partial charge in [-0.3, -0.25) is 0 Å². The Labute approximate surface area is 165 Å². The summed E-state index contributed by atoms with van der Waals surface area (Å²) in [5.41, 5.74) is 0. The summed E-state index contributed by atoms with van der Waals surface area (Å²) in [6.45, 7) is -0.860. The Kier molecular flexibility index (Phi) is 5.77. The number of rotatable bonds is 7. The third-order valence-corrected chi connectivity index (χ3v) is 6.25. The zero-order chi connectivity index (χ0) is 19.6. The standard InChI is InChI=1S/C15H12BrF2N3O4S2/c1-24-14-10(25-6-13(17)18)5-19-15(20-14)21-27(22,23)12-7-26-11-4-8(16)2-3-9(11)12/h2-5,7,13H,6H2,1H3,(H,19,20,21). The summed E-state index contributed by atoms with van der Waals surface area (Å²) in [5.74, 6) is -0.554. The van der Waals surface area contributed by atoms with Crippen molar-refractivity contribution in [2.45, 2.75) is 11.3 Å². The first kappa shape index (κ1) is 19.7. The average Bonchev–Trinajstić information content (AvgIpc) is 3.04. The molecule has 2 aromatic heterocycles. The minimum Gasteiger partial charge on any atom is -0.481 e. The maximum absolute atomic E-state index is 12.7. The molecule has 27 heavy (non-hydrogen) atoms. The topological polar surface area (TPSA) is 90.4 Å². The lowest BCUT2D eigenvalue weighted by molar-refractivity contribution is 0.0799. The van der Waals surface area contributed by atoms with Gasteiger partial charge in [-0.15, -0.1) is 11.3 Å². The Morgan fingerprint density at radius 3 is 2.85 bits per heavy atom. The van der Waals surface area contributed by atoms with Gasteiger partial charge in [0, 0.05) is 19.9 Å². The van der Waals surface area contributed by atoms with Crippen LogP contribution >= 0.6 is 27.3 Å². The molecule has 2 heterocycles. The summed E-state index contributed by atoms with van der Waals surface area (Å²) in [6, 6.07) is 5.24. The lowest BCUT2D eigenvalue weighted by Crippen LogP contribution is -2.15. The SMILES string of the molecule is COc1nc(NS(=O)(=O)c2csc3cc(Br)ccc23)ncc1OCC(F)F. The highest BCUT2D eigenvalue weighted by atomic mass is 79.9. The van der Waals surface area contributed by atoms with Gasteiger partial charge in [-0.2, -0.15) is 4.98 Å². The highest BCUT2D eigenvalue weighted by Gasteiger charge is 2.22. The van der Waals surface area contributed by atoms with Gasteiger partial charge in [0.15, 0.2) is 5.75 Å². The van der Waals surface area contributed by atoms with Gasteiger partial charge in [-0.25, -0.2) is 26.9 Å². The van der Waals surface area contributed by atoms with Crippen LogP contribution in [0.4, 0.5) is 14.7 Å². The largest absolute Gasteiger partial charge is 0.481 e. The Morgan fingerprint density at radius 1 is 1.37 bits per heavy atom. The van der Waals surface area contributed by atoms with Gasteiger partial charge in [-0.1, -0.05) is 22.0 Å². The van der Waals surface area contributed by atoms with Crippen molar-refractivity contribution in [2.75, 3.05) is 18.4 Å². The lowest BCUT2D eigenvalue weighted by Gasteiger charge is -2.11. The zero-order valence-corrected chi connectivity index (χ0v) is 16.9. The molecule has 0 radical (unpaired) electrons. The van der Waals surface area contributed by atoms with Crippen LogP contribution < -0.4 is 14.2 Å². The second-order valence-electron chi connectivity index (χ2n) is 5.12. The van der Waals surface area contributed by atoms with Crippen LogP contribution in [0.3, 0.4) is 0 Å². The molecule has 0 aliphatic rings. The Morgan fingerprint density at radius 2 is 2.15 bits per heavy atom. The maximum atomic E-state index is 12.7. The smallest absolute Gasteiger partial charge is 0.272 e. The molecule has 1 aromatic carbocycles. The van der Waals surface area contributed by atoms with Gasteiger partial charge in [-0.05, 0) is 12.1 Å². The van der Waals surface area contributed by atoms with Crippen molar-refractivity contribution in [3.05, 3.63) is 34.2 Å². The zero-order valence-electron chi connectivity index (χ0n) is 13.6. The van der Waals surface area contributed by atoms with Crippen LogP contribution in [0.2, 0.25) is 0 Å². The van der Waals surface area contributed by atoms with Gasteiger partial charge >= 0.3 is 0 Å². The number of anilines is 1. The molecule has 0 aliphatic heterocycles. The second-order valence-corrected chi connectivity index (χ2v) is 8.59. The number of sulfonamides is 1. The molecule has 1 N–H and O–H groups in total. The van der Waals surface area contributed by atoms with E-state index in [9.17, 15) is 17.2 Å². The van der Waals surface area contributed by atoms with Gasteiger partial charge in [0.1, 0.15) is 11.5 Å². The lowest BCUT2D eigenvalue weighted by atomic mass is 10.3. The Bertz CT molecular complexity index is 1080. The van der Waals surface area contributed by atoms with Crippen LogP contribution in [-0.4, -0.2) is 38.5 Å². The third kappa shape index (κ3) is 4.45. The summed E-state index contributed by atoms with van der Waals surface area (Å²) in [4.78, 5) is 7.74. The predicted octanol–water partition coefficient (Wildman–Crippen LogP) is 3.91. The quantitative estimate of drug-likeness (QED) is 0.552. The van der Waals surface area contributed by atoms with Crippen LogP contribution in [0.15, 0.2) is 39.1 Å². The van der Waals surface area contributed by atoms with E-state index in [0.29, 0.717) is 5.39 Å². The van der Waals surface area contributed by atoms with Crippen molar-refractivity contribution in [3.8, 4) is 11.6 Å². The predicted molar refractivity (Wildman–Crippen MR) is 100 cm³/mol. The second kappa shape index (κ2) is 7.90. The van der Waals surface area contributed by atoms with E-state index >= 15 is 0 Å². The number of methoxy groups -OCH3 is 1. The van der Waals surface area contributed by atoms with Crippen LogP contribution in [0.5, 0.6) is 11.6 Å². The number of aromatic nitrogens is 2. The van der Waals surface area contributed by atoms with E-state index in [4.69, 9.17) is 9.47 Å². The number of halogens is 3. The van der Waals surface area contributed by atoms with E-state index in [1.54, 1.807) is 12.1 Å². The van der Waals surface area contributed by atoms with E-state index in [1.165, 1.54) is 23.8 Å². The molecular weight excluding hydrogens is 468 g/mol. The molecule has 0 saturated carbocycles. The van der Waals surface area contributed by atoms with Crippen molar-refractivity contribution in [1.29, 1.82) is 0 Å². The number of nitrogens with one attached hydrogen (secondary N) is 1. The summed E-state index contributed by atoms with van der Waals surface area (Å²) in [6.07, 6.45) is -1.62. The van der Waals surface area contributed by atoms with Crippen LogP contribution in [0.1, 0.15) is 0 Å². The van der Waals surface area contributed by atoms with Gasteiger partial charge < -0.3 is 9.47 Å². The molecule has 12 heteroatoms. The number of nitrogens with zero attached hydrogens (tertiary/aromatic N) is 2. The summed E-state index contributed by atoms with van der Waals surface area (Å²) in [7, 11) is -2.72. The molecule has 3 rings (SSSR count). The normalized spacial score (nSPS) is 11.7. The number of thiophene rings is 1. The molecule has 7 nitrogen and oxygen atoms in total.